The standard InChI is InChI=1S/C17H13ClN4OS/c1-2-9-22-16(23)15(10-12-5-3-4-7-20-12)24-17(22)21-14-6-8-19-11-13(14)18/h2-8,10-11H,1,9H2/b15-10-,21-17?. The molecule has 120 valence electrons. The summed E-state index contributed by atoms with van der Waals surface area (Å²) in [4.78, 5) is 27.4. The van der Waals surface area contributed by atoms with Crippen LogP contribution in [0.3, 0.4) is 0 Å². The minimum absolute atomic E-state index is 0.130. The van der Waals surface area contributed by atoms with Crippen LogP contribution in [0.15, 0.2) is 65.4 Å². The van der Waals surface area contributed by atoms with Crippen LogP contribution < -0.4 is 0 Å². The normalized spacial score (nSPS) is 17.7. The van der Waals surface area contributed by atoms with Crippen molar-refractivity contribution in [3.63, 3.8) is 0 Å². The zero-order chi connectivity index (χ0) is 16.9. The quantitative estimate of drug-likeness (QED) is 0.615. The van der Waals surface area contributed by atoms with Crippen molar-refractivity contribution in [3.8, 4) is 0 Å². The fourth-order valence-corrected chi connectivity index (χ4v) is 3.19. The van der Waals surface area contributed by atoms with Gasteiger partial charge in [0.2, 0.25) is 0 Å². The zero-order valence-electron chi connectivity index (χ0n) is 12.6. The number of amidine groups is 1. The predicted octanol–water partition coefficient (Wildman–Crippen LogP) is 3.92. The molecule has 1 amide bonds. The van der Waals surface area contributed by atoms with Gasteiger partial charge in [-0.05, 0) is 36.0 Å². The van der Waals surface area contributed by atoms with E-state index in [-0.39, 0.29) is 5.91 Å². The average Bonchev–Trinajstić information content (AvgIpc) is 2.87. The van der Waals surface area contributed by atoms with Crippen LogP contribution in [0.2, 0.25) is 5.02 Å². The van der Waals surface area contributed by atoms with Crippen molar-refractivity contribution in [3.05, 3.63) is 71.1 Å². The Morgan fingerprint density at radius 1 is 1.33 bits per heavy atom. The zero-order valence-corrected chi connectivity index (χ0v) is 14.2. The first-order valence-corrected chi connectivity index (χ1v) is 8.30. The number of hydrogen-bond donors (Lipinski definition) is 0. The lowest BCUT2D eigenvalue weighted by molar-refractivity contribution is -0.121. The maximum Gasteiger partial charge on any atom is 0.267 e. The van der Waals surface area contributed by atoms with Crippen LogP contribution in [0, 0.1) is 0 Å². The molecule has 0 bridgehead atoms. The number of pyridine rings is 2. The first kappa shape index (κ1) is 16.4. The topological polar surface area (TPSA) is 58.5 Å². The number of amides is 1. The molecule has 0 aliphatic carbocycles. The lowest BCUT2D eigenvalue weighted by Gasteiger charge is -2.12. The number of halogens is 1. The molecule has 2 aromatic rings. The molecule has 0 unspecified atom stereocenters. The molecular weight excluding hydrogens is 344 g/mol. The monoisotopic (exact) mass is 356 g/mol. The molecule has 0 N–H and O–H groups in total. The number of aromatic nitrogens is 2. The molecule has 0 spiro atoms. The van der Waals surface area contributed by atoms with E-state index in [1.54, 1.807) is 35.5 Å². The summed E-state index contributed by atoms with van der Waals surface area (Å²) in [6.07, 6.45) is 8.22. The number of rotatable bonds is 4. The SMILES string of the molecule is C=CCN1C(=O)/C(=C/c2ccccn2)SC1=Nc1ccncc1Cl. The Kier molecular flexibility index (Phi) is 5.08. The van der Waals surface area contributed by atoms with Gasteiger partial charge in [0.25, 0.3) is 5.91 Å². The summed E-state index contributed by atoms with van der Waals surface area (Å²) in [7, 11) is 0. The van der Waals surface area contributed by atoms with Gasteiger partial charge in [-0.2, -0.15) is 0 Å². The van der Waals surface area contributed by atoms with E-state index in [1.165, 1.54) is 18.0 Å². The van der Waals surface area contributed by atoms with Crippen LogP contribution in [-0.4, -0.2) is 32.5 Å². The summed E-state index contributed by atoms with van der Waals surface area (Å²) in [6.45, 7) is 4.07. The van der Waals surface area contributed by atoms with Crippen LogP contribution in [0.4, 0.5) is 5.69 Å². The van der Waals surface area contributed by atoms with Crippen molar-refractivity contribution in [2.45, 2.75) is 0 Å². The van der Waals surface area contributed by atoms with Crippen molar-refractivity contribution >= 4 is 46.2 Å². The Bertz CT molecular complexity index is 835. The summed E-state index contributed by atoms with van der Waals surface area (Å²) in [6, 6.07) is 7.24. The highest BCUT2D eigenvalue weighted by atomic mass is 35.5. The molecule has 1 aliphatic rings. The average molecular weight is 357 g/mol. The predicted molar refractivity (Wildman–Crippen MR) is 98.1 cm³/mol. The number of carbonyl (C=O) groups is 1. The maximum absolute atomic E-state index is 12.6. The molecular formula is C17H13ClN4OS. The van der Waals surface area contributed by atoms with Gasteiger partial charge in [0.05, 0.1) is 21.3 Å². The van der Waals surface area contributed by atoms with Crippen LogP contribution in [0.5, 0.6) is 0 Å². The van der Waals surface area contributed by atoms with Crippen LogP contribution in [0.1, 0.15) is 5.69 Å². The fourth-order valence-electron chi connectivity index (χ4n) is 2.04. The van der Waals surface area contributed by atoms with E-state index in [9.17, 15) is 4.79 Å². The summed E-state index contributed by atoms with van der Waals surface area (Å²) < 4.78 is 0. The van der Waals surface area contributed by atoms with Gasteiger partial charge in [-0.1, -0.05) is 23.7 Å². The van der Waals surface area contributed by atoms with Gasteiger partial charge in [0, 0.05) is 25.1 Å². The van der Waals surface area contributed by atoms with E-state index < -0.39 is 0 Å². The van der Waals surface area contributed by atoms with E-state index in [0.717, 1.165) is 5.69 Å². The molecule has 1 fully saturated rings. The minimum Gasteiger partial charge on any atom is -0.283 e. The fraction of sp³-hybridized carbons (Fsp3) is 0.0588. The van der Waals surface area contributed by atoms with E-state index in [2.05, 4.69) is 21.5 Å². The second-order valence-electron chi connectivity index (χ2n) is 4.79. The molecule has 1 aliphatic heterocycles. The van der Waals surface area contributed by atoms with Crippen molar-refractivity contribution in [1.82, 2.24) is 14.9 Å². The molecule has 3 rings (SSSR count). The molecule has 3 heterocycles. The largest absolute Gasteiger partial charge is 0.283 e. The Morgan fingerprint density at radius 2 is 2.21 bits per heavy atom. The van der Waals surface area contributed by atoms with Crippen LogP contribution >= 0.6 is 23.4 Å². The molecule has 2 aromatic heterocycles. The molecule has 1 saturated heterocycles. The molecule has 7 heteroatoms. The molecule has 0 aromatic carbocycles. The first-order chi connectivity index (χ1) is 11.7. The Balaban J connectivity index is 1.97. The third-order valence-corrected chi connectivity index (χ3v) is 4.43. The van der Waals surface area contributed by atoms with Gasteiger partial charge in [-0.3, -0.25) is 19.7 Å². The highest BCUT2D eigenvalue weighted by Gasteiger charge is 2.32. The second-order valence-corrected chi connectivity index (χ2v) is 6.21. The smallest absolute Gasteiger partial charge is 0.267 e. The summed E-state index contributed by atoms with van der Waals surface area (Å²) >= 11 is 7.39. The molecule has 0 radical (unpaired) electrons. The van der Waals surface area contributed by atoms with Crippen molar-refractivity contribution in [2.75, 3.05) is 6.54 Å². The summed E-state index contributed by atoms with van der Waals surface area (Å²) in [5.74, 6) is -0.130. The summed E-state index contributed by atoms with van der Waals surface area (Å²) in [5.41, 5.74) is 1.28. The third kappa shape index (κ3) is 3.55. The lowest BCUT2D eigenvalue weighted by atomic mass is 10.3. The Morgan fingerprint density at radius 3 is 2.92 bits per heavy atom. The van der Waals surface area contributed by atoms with Gasteiger partial charge in [0.15, 0.2) is 5.17 Å². The summed E-state index contributed by atoms with van der Waals surface area (Å²) in [5, 5.41) is 0.980. The lowest BCUT2D eigenvalue weighted by Crippen LogP contribution is -2.29. The van der Waals surface area contributed by atoms with E-state index in [4.69, 9.17) is 11.6 Å². The van der Waals surface area contributed by atoms with Gasteiger partial charge < -0.3 is 0 Å². The Labute approximate surface area is 148 Å². The highest BCUT2D eigenvalue weighted by Crippen LogP contribution is 2.35. The molecule has 0 saturated carbocycles. The second kappa shape index (κ2) is 7.42. The van der Waals surface area contributed by atoms with Crippen LogP contribution in [-0.2, 0) is 4.79 Å². The minimum atomic E-state index is -0.130. The number of carbonyl (C=O) groups excluding carboxylic acids is 1. The van der Waals surface area contributed by atoms with E-state index in [0.29, 0.717) is 27.3 Å². The van der Waals surface area contributed by atoms with Crippen molar-refractivity contribution < 1.29 is 4.79 Å². The van der Waals surface area contributed by atoms with E-state index >= 15 is 0 Å². The number of aliphatic imine (C=N–C) groups is 1. The van der Waals surface area contributed by atoms with Gasteiger partial charge in [-0.15, -0.1) is 6.58 Å². The first-order valence-electron chi connectivity index (χ1n) is 7.10. The molecule has 5 nitrogen and oxygen atoms in total. The highest BCUT2D eigenvalue weighted by molar-refractivity contribution is 8.18. The van der Waals surface area contributed by atoms with Gasteiger partial charge >= 0.3 is 0 Å². The van der Waals surface area contributed by atoms with E-state index in [1.807, 2.05) is 18.2 Å². The molecule has 0 atom stereocenters. The van der Waals surface area contributed by atoms with Crippen LogP contribution in [0.25, 0.3) is 6.08 Å². The van der Waals surface area contributed by atoms with Crippen molar-refractivity contribution in [2.24, 2.45) is 4.99 Å². The molecule has 24 heavy (non-hydrogen) atoms. The number of thioether (sulfide) groups is 1. The van der Waals surface area contributed by atoms with Crippen molar-refractivity contribution in [1.29, 1.82) is 0 Å². The maximum atomic E-state index is 12.6. The third-order valence-electron chi connectivity index (χ3n) is 3.13. The van der Waals surface area contributed by atoms with Gasteiger partial charge in [-0.25, -0.2) is 4.99 Å². The number of hydrogen-bond acceptors (Lipinski definition) is 5. The Hall–Kier alpha value is -2.44. The number of nitrogens with zero attached hydrogens (tertiary/aromatic N) is 4. The van der Waals surface area contributed by atoms with Gasteiger partial charge in [0.1, 0.15) is 0 Å².